The van der Waals surface area contributed by atoms with Gasteiger partial charge in [-0.05, 0) is 17.5 Å². The van der Waals surface area contributed by atoms with E-state index in [4.69, 9.17) is 12.7 Å². The highest BCUT2D eigenvalue weighted by atomic mass is 16.4. The number of hydrogen-bond donors (Lipinski definition) is 0. The van der Waals surface area contributed by atoms with Crippen molar-refractivity contribution in [3.8, 4) is 0 Å². The van der Waals surface area contributed by atoms with Gasteiger partial charge in [-0.15, -0.1) is 0 Å². The zero-order chi connectivity index (χ0) is 12.1. The molecule has 84 valence electrons. The largest absolute Gasteiger partial charge is 0.435 e. The second-order valence-electron chi connectivity index (χ2n) is 4.03. The normalized spacial score (nSPS) is 11.4. The first kappa shape index (κ1) is 11.9. The van der Waals surface area contributed by atoms with E-state index in [1.165, 1.54) is 0 Å². The third-order valence-electron chi connectivity index (χ3n) is 3.18. The summed E-state index contributed by atoms with van der Waals surface area (Å²) in [6.07, 6.45) is 0.789. The Morgan fingerprint density at radius 2 is 1.29 bits per heavy atom. The lowest BCUT2D eigenvalue weighted by Gasteiger charge is -2.33. The summed E-state index contributed by atoms with van der Waals surface area (Å²) < 4.78 is 5.36. The van der Waals surface area contributed by atoms with E-state index >= 15 is 0 Å². The standard InChI is InChI=1S/C15H15BO/c1-2-15(17-16,13-9-5-3-6-10-13)14-11-7-4-8-12-14/h3-12H,2H2,1H3. The zero-order valence-corrected chi connectivity index (χ0v) is 9.97. The van der Waals surface area contributed by atoms with Gasteiger partial charge in [-0.2, -0.15) is 0 Å². The predicted octanol–water partition coefficient (Wildman–Crippen LogP) is 3.44. The summed E-state index contributed by atoms with van der Waals surface area (Å²) >= 11 is 0. The van der Waals surface area contributed by atoms with Crippen LogP contribution < -0.4 is 0 Å². The molecule has 17 heavy (non-hydrogen) atoms. The molecule has 0 aliphatic carbocycles. The van der Waals surface area contributed by atoms with Gasteiger partial charge in [0, 0.05) is 0 Å². The first-order valence-electron chi connectivity index (χ1n) is 5.82. The molecule has 0 unspecified atom stereocenters. The molecule has 0 fully saturated rings. The lowest BCUT2D eigenvalue weighted by molar-refractivity contribution is 0.120. The molecule has 2 heteroatoms. The first-order valence-corrected chi connectivity index (χ1v) is 5.82. The highest BCUT2D eigenvalue weighted by Gasteiger charge is 2.30. The average molecular weight is 222 g/mol. The van der Waals surface area contributed by atoms with Gasteiger partial charge < -0.3 is 4.65 Å². The summed E-state index contributed by atoms with van der Waals surface area (Å²) in [5, 5.41) is 0. The molecule has 2 aromatic rings. The van der Waals surface area contributed by atoms with Gasteiger partial charge >= 0.3 is 0 Å². The maximum Gasteiger partial charge on any atom is 0.284 e. The van der Waals surface area contributed by atoms with Crippen LogP contribution in [0.5, 0.6) is 0 Å². The Bertz CT molecular complexity index is 407. The minimum absolute atomic E-state index is 0.553. The topological polar surface area (TPSA) is 9.23 Å². The van der Waals surface area contributed by atoms with E-state index in [-0.39, 0.29) is 0 Å². The van der Waals surface area contributed by atoms with Gasteiger partial charge in [0.2, 0.25) is 0 Å². The molecule has 0 amide bonds. The van der Waals surface area contributed by atoms with Crippen LogP contribution in [-0.2, 0) is 10.3 Å². The van der Waals surface area contributed by atoms with Gasteiger partial charge in [0.25, 0.3) is 8.05 Å². The molecule has 0 saturated carbocycles. The smallest absolute Gasteiger partial charge is 0.284 e. The quantitative estimate of drug-likeness (QED) is 0.720. The van der Waals surface area contributed by atoms with E-state index in [9.17, 15) is 0 Å². The fourth-order valence-electron chi connectivity index (χ4n) is 2.21. The molecule has 0 bridgehead atoms. The van der Waals surface area contributed by atoms with Crippen LogP contribution in [0.2, 0.25) is 0 Å². The summed E-state index contributed by atoms with van der Waals surface area (Å²) in [7, 11) is 5.58. The Hall–Kier alpha value is -1.54. The summed E-state index contributed by atoms with van der Waals surface area (Å²) in [5.41, 5.74) is 1.61. The van der Waals surface area contributed by atoms with Crippen LogP contribution in [0.25, 0.3) is 0 Å². The Morgan fingerprint density at radius 3 is 1.59 bits per heavy atom. The molecule has 2 aromatic carbocycles. The molecular formula is C15H15BO. The molecule has 0 aromatic heterocycles. The van der Waals surface area contributed by atoms with E-state index in [0.717, 1.165) is 17.5 Å². The van der Waals surface area contributed by atoms with Crippen molar-refractivity contribution in [2.24, 2.45) is 0 Å². The van der Waals surface area contributed by atoms with E-state index in [2.05, 4.69) is 6.92 Å². The molecule has 2 radical (unpaired) electrons. The second kappa shape index (κ2) is 5.20. The van der Waals surface area contributed by atoms with E-state index in [0.29, 0.717) is 0 Å². The molecule has 2 rings (SSSR count). The van der Waals surface area contributed by atoms with Crippen LogP contribution in [0.15, 0.2) is 60.7 Å². The maximum absolute atomic E-state index is 5.58. The zero-order valence-electron chi connectivity index (χ0n) is 9.97. The average Bonchev–Trinajstić information content (AvgIpc) is 2.43. The Balaban J connectivity index is 2.54. The van der Waals surface area contributed by atoms with Gasteiger partial charge in [0.05, 0.1) is 0 Å². The van der Waals surface area contributed by atoms with Crippen molar-refractivity contribution in [3.63, 3.8) is 0 Å². The van der Waals surface area contributed by atoms with Gasteiger partial charge in [0.15, 0.2) is 0 Å². The maximum atomic E-state index is 5.58. The van der Waals surface area contributed by atoms with Crippen LogP contribution in [0, 0.1) is 0 Å². The summed E-state index contributed by atoms with van der Waals surface area (Å²) in [5.74, 6) is 0. The molecule has 0 heterocycles. The number of benzene rings is 2. The van der Waals surface area contributed by atoms with Gasteiger partial charge in [0.1, 0.15) is 5.60 Å². The molecule has 0 spiro atoms. The van der Waals surface area contributed by atoms with Crippen molar-refractivity contribution >= 4 is 8.05 Å². The van der Waals surface area contributed by atoms with Crippen molar-refractivity contribution < 1.29 is 4.65 Å². The van der Waals surface area contributed by atoms with Gasteiger partial charge in [-0.25, -0.2) is 0 Å². The fraction of sp³-hybridized carbons (Fsp3) is 0.200. The molecule has 0 atom stereocenters. The van der Waals surface area contributed by atoms with Crippen LogP contribution >= 0.6 is 0 Å². The third-order valence-corrected chi connectivity index (χ3v) is 3.18. The lowest BCUT2D eigenvalue weighted by Crippen LogP contribution is -2.29. The minimum atomic E-state index is -0.553. The molecule has 0 saturated heterocycles. The van der Waals surface area contributed by atoms with E-state index in [1.807, 2.05) is 60.7 Å². The third kappa shape index (κ3) is 2.13. The molecule has 1 nitrogen and oxygen atoms in total. The minimum Gasteiger partial charge on any atom is -0.435 e. The number of hydrogen-bond acceptors (Lipinski definition) is 1. The van der Waals surface area contributed by atoms with Crippen LogP contribution in [0.1, 0.15) is 24.5 Å². The summed E-state index contributed by atoms with van der Waals surface area (Å²) in [6.45, 7) is 2.08. The number of rotatable bonds is 4. The van der Waals surface area contributed by atoms with E-state index in [1.54, 1.807) is 0 Å². The molecular weight excluding hydrogens is 207 g/mol. The van der Waals surface area contributed by atoms with Crippen molar-refractivity contribution in [1.82, 2.24) is 0 Å². The second-order valence-corrected chi connectivity index (χ2v) is 4.03. The van der Waals surface area contributed by atoms with Crippen molar-refractivity contribution in [3.05, 3.63) is 71.8 Å². The molecule has 0 aliphatic heterocycles. The summed E-state index contributed by atoms with van der Waals surface area (Å²) in [4.78, 5) is 0. The summed E-state index contributed by atoms with van der Waals surface area (Å²) in [6, 6.07) is 20.2. The molecule has 0 N–H and O–H groups in total. The SMILES string of the molecule is [B]OC(CC)(c1ccccc1)c1ccccc1. The first-order chi connectivity index (χ1) is 8.33. The Morgan fingerprint density at radius 1 is 0.882 bits per heavy atom. The Kier molecular flexibility index (Phi) is 3.65. The predicted molar refractivity (Wildman–Crippen MR) is 70.8 cm³/mol. The highest BCUT2D eigenvalue weighted by molar-refractivity contribution is 5.98. The fourth-order valence-corrected chi connectivity index (χ4v) is 2.21. The van der Waals surface area contributed by atoms with Gasteiger partial charge in [-0.3, -0.25) is 0 Å². The molecule has 0 aliphatic rings. The van der Waals surface area contributed by atoms with E-state index < -0.39 is 5.60 Å². The van der Waals surface area contributed by atoms with Crippen molar-refractivity contribution in [1.29, 1.82) is 0 Å². The highest BCUT2D eigenvalue weighted by Crippen LogP contribution is 2.35. The van der Waals surface area contributed by atoms with Crippen LogP contribution in [-0.4, -0.2) is 8.05 Å². The van der Waals surface area contributed by atoms with Crippen LogP contribution in [0.4, 0.5) is 0 Å². The van der Waals surface area contributed by atoms with Crippen molar-refractivity contribution in [2.75, 3.05) is 0 Å². The monoisotopic (exact) mass is 222 g/mol. The van der Waals surface area contributed by atoms with Crippen LogP contribution in [0.3, 0.4) is 0 Å². The Labute approximate surface area is 104 Å². The van der Waals surface area contributed by atoms with Gasteiger partial charge in [-0.1, -0.05) is 67.6 Å². The van der Waals surface area contributed by atoms with Crippen molar-refractivity contribution in [2.45, 2.75) is 18.9 Å². The lowest BCUT2D eigenvalue weighted by atomic mass is 9.83.